The molecule has 4 aromatic rings. The number of likely N-dealkylation sites (tertiary alicyclic amines) is 1. The van der Waals surface area contributed by atoms with Crippen LogP contribution in [0.5, 0.6) is 5.75 Å². The summed E-state index contributed by atoms with van der Waals surface area (Å²) in [5.74, 6) is 1.92. The summed E-state index contributed by atoms with van der Waals surface area (Å²) >= 11 is 0. The standard InChI is InChI=1S/C36H43N5O3/c1-24-10-12-29(13-11-24)41-33(23-32(39-41)36(3,4)5)38-35(43)37-28-9-7-8-27(22-28)21-26-16-18-40(19-17-26)34(42)31-15-14-30(44-6)20-25(31)2/h7-15,20,22-23,26H,16-19,21H2,1-6H3,(H2,37,38,43). The van der Waals surface area contributed by atoms with Crippen LogP contribution in [0.3, 0.4) is 0 Å². The first-order chi connectivity index (χ1) is 21.0. The summed E-state index contributed by atoms with van der Waals surface area (Å²) in [5, 5.41) is 10.8. The summed E-state index contributed by atoms with van der Waals surface area (Å²) in [6.45, 7) is 11.8. The molecule has 0 atom stereocenters. The first kappa shape index (κ1) is 30.9. The number of amides is 3. The van der Waals surface area contributed by atoms with E-state index in [1.165, 1.54) is 5.56 Å². The number of hydrogen-bond acceptors (Lipinski definition) is 4. The fourth-order valence-electron chi connectivity index (χ4n) is 5.62. The Morgan fingerprint density at radius 1 is 0.932 bits per heavy atom. The van der Waals surface area contributed by atoms with Crippen molar-refractivity contribution < 1.29 is 14.3 Å². The number of methoxy groups -OCH3 is 1. The normalized spacial score (nSPS) is 13.9. The second kappa shape index (κ2) is 13.0. The van der Waals surface area contributed by atoms with Crippen LogP contribution in [0.4, 0.5) is 16.3 Å². The minimum absolute atomic E-state index is 0.0826. The highest BCUT2D eigenvalue weighted by molar-refractivity contribution is 5.99. The molecule has 2 N–H and O–H groups in total. The Morgan fingerprint density at radius 3 is 2.32 bits per heavy atom. The van der Waals surface area contributed by atoms with Crippen LogP contribution in [0.15, 0.2) is 72.8 Å². The van der Waals surface area contributed by atoms with Crippen LogP contribution in [-0.4, -0.2) is 46.8 Å². The van der Waals surface area contributed by atoms with Crippen LogP contribution >= 0.6 is 0 Å². The first-order valence-electron chi connectivity index (χ1n) is 15.3. The van der Waals surface area contributed by atoms with Crippen molar-refractivity contribution in [1.29, 1.82) is 0 Å². The number of anilines is 2. The van der Waals surface area contributed by atoms with Crippen LogP contribution in [-0.2, 0) is 11.8 Å². The van der Waals surface area contributed by atoms with Crippen molar-refractivity contribution in [3.63, 3.8) is 0 Å². The monoisotopic (exact) mass is 593 g/mol. The second-order valence-corrected chi connectivity index (χ2v) is 12.8. The van der Waals surface area contributed by atoms with Crippen molar-refractivity contribution in [3.8, 4) is 11.4 Å². The van der Waals surface area contributed by atoms with Crippen molar-refractivity contribution >= 4 is 23.4 Å². The number of carbonyl (C=O) groups excluding carboxylic acids is 2. The van der Waals surface area contributed by atoms with E-state index in [1.807, 2.05) is 85.5 Å². The van der Waals surface area contributed by atoms with Gasteiger partial charge in [-0.15, -0.1) is 0 Å². The number of benzene rings is 3. The van der Waals surface area contributed by atoms with Gasteiger partial charge in [-0.25, -0.2) is 9.48 Å². The van der Waals surface area contributed by atoms with E-state index < -0.39 is 0 Å². The van der Waals surface area contributed by atoms with Crippen LogP contribution in [0.25, 0.3) is 5.69 Å². The van der Waals surface area contributed by atoms with E-state index >= 15 is 0 Å². The SMILES string of the molecule is COc1ccc(C(=O)N2CCC(Cc3cccc(NC(=O)Nc4cc(C(C)(C)C)nn4-c4ccc(C)cc4)c3)CC2)c(C)c1. The zero-order valence-electron chi connectivity index (χ0n) is 26.6. The van der Waals surface area contributed by atoms with Gasteiger partial charge in [0.25, 0.3) is 5.91 Å². The fraction of sp³-hybridized carbons (Fsp3) is 0.361. The van der Waals surface area contributed by atoms with Crippen molar-refractivity contribution in [2.24, 2.45) is 5.92 Å². The van der Waals surface area contributed by atoms with Gasteiger partial charge < -0.3 is 15.0 Å². The number of aromatic nitrogens is 2. The quantitative estimate of drug-likeness (QED) is 0.232. The van der Waals surface area contributed by atoms with E-state index in [2.05, 4.69) is 37.5 Å². The van der Waals surface area contributed by atoms with Crippen molar-refractivity contribution in [2.45, 2.75) is 59.3 Å². The Morgan fingerprint density at radius 2 is 1.66 bits per heavy atom. The number of urea groups is 1. The third-order valence-electron chi connectivity index (χ3n) is 8.27. The molecule has 3 amide bonds. The van der Waals surface area contributed by atoms with Crippen molar-refractivity contribution in [1.82, 2.24) is 14.7 Å². The van der Waals surface area contributed by atoms with Crippen LogP contribution in [0, 0.1) is 19.8 Å². The van der Waals surface area contributed by atoms with Gasteiger partial charge in [0, 0.05) is 35.8 Å². The Balaban J connectivity index is 1.19. The van der Waals surface area contributed by atoms with E-state index in [9.17, 15) is 9.59 Å². The lowest BCUT2D eigenvalue weighted by atomic mass is 9.89. The third kappa shape index (κ3) is 7.30. The molecule has 5 rings (SSSR count). The maximum Gasteiger partial charge on any atom is 0.324 e. The lowest BCUT2D eigenvalue weighted by Gasteiger charge is -2.32. The highest BCUT2D eigenvalue weighted by atomic mass is 16.5. The molecule has 230 valence electrons. The predicted molar refractivity (Wildman–Crippen MR) is 176 cm³/mol. The number of piperidine rings is 1. The summed E-state index contributed by atoms with van der Waals surface area (Å²) in [4.78, 5) is 28.3. The molecule has 44 heavy (non-hydrogen) atoms. The minimum Gasteiger partial charge on any atom is -0.497 e. The van der Waals surface area contributed by atoms with E-state index in [1.54, 1.807) is 11.8 Å². The van der Waals surface area contributed by atoms with Gasteiger partial charge in [-0.2, -0.15) is 5.10 Å². The Bertz CT molecular complexity index is 1630. The molecule has 0 saturated carbocycles. The zero-order valence-corrected chi connectivity index (χ0v) is 26.6. The largest absolute Gasteiger partial charge is 0.497 e. The third-order valence-corrected chi connectivity index (χ3v) is 8.27. The highest BCUT2D eigenvalue weighted by Gasteiger charge is 2.25. The molecule has 0 radical (unpaired) electrons. The van der Waals surface area contributed by atoms with Gasteiger partial charge in [-0.3, -0.25) is 10.1 Å². The molecular weight excluding hydrogens is 550 g/mol. The van der Waals surface area contributed by atoms with Gasteiger partial charge in [0.15, 0.2) is 0 Å². The second-order valence-electron chi connectivity index (χ2n) is 12.8. The summed E-state index contributed by atoms with van der Waals surface area (Å²) in [6.07, 6.45) is 2.78. The number of nitrogens with zero attached hydrogens (tertiary/aromatic N) is 3. The van der Waals surface area contributed by atoms with Crippen molar-refractivity contribution in [3.05, 3.63) is 101 Å². The van der Waals surface area contributed by atoms with Gasteiger partial charge in [0.05, 0.1) is 18.5 Å². The predicted octanol–water partition coefficient (Wildman–Crippen LogP) is 7.53. The summed E-state index contributed by atoms with van der Waals surface area (Å²) in [6, 6.07) is 23.3. The van der Waals surface area contributed by atoms with Crippen molar-refractivity contribution in [2.75, 3.05) is 30.8 Å². The van der Waals surface area contributed by atoms with Gasteiger partial charge in [0.2, 0.25) is 0 Å². The molecule has 1 saturated heterocycles. The average molecular weight is 594 g/mol. The topological polar surface area (TPSA) is 88.5 Å². The molecule has 1 aromatic heterocycles. The molecule has 1 fully saturated rings. The number of ether oxygens (including phenoxy) is 1. The number of nitrogens with one attached hydrogen (secondary N) is 2. The summed E-state index contributed by atoms with van der Waals surface area (Å²) in [7, 11) is 1.63. The van der Waals surface area contributed by atoms with E-state index in [0.717, 1.165) is 71.9 Å². The van der Waals surface area contributed by atoms with E-state index in [0.29, 0.717) is 11.7 Å². The van der Waals surface area contributed by atoms with Crippen LogP contribution in [0.1, 0.15) is 66.4 Å². The van der Waals surface area contributed by atoms with Crippen LogP contribution < -0.4 is 15.4 Å². The summed E-state index contributed by atoms with van der Waals surface area (Å²) in [5.41, 5.74) is 6.33. The maximum absolute atomic E-state index is 13.2. The Labute approximate surface area is 260 Å². The van der Waals surface area contributed by atoms with Crippen LogP contribution in [0.2, 0.25) is 0 Å². The Kier molecular flexibility index (Phi) is 9.09. The first-order valence-corrected chi connectivity index (χ1v) is 15.3. The molecule has 0 bridgehead atoms. The molecule has 0 spiro atoms. The molecule has 1 aliphatic rings. The molecule has 0 unspecified atom stereocenters. The minimum atomic E-state index is -0.323. The highest BCUT2D eigenvalue weighted by Crippen LogP contribution is 2.28. The van der Waals surface area contributed by atoms with Gasteiger partial charge in [-0.05, 0) is 92.6 Å². The fourth-order valence-corrected chi connectivity index (χ4v) is 5.62. The summed E-state index contributed by atoms with van der Waals surface area (Å²) < 4.78 is 7.06. The number of aryl methyl sites for hydroxylation is 2. The van der Waals surface area contributed by atoms with Gasteiger partial charge in [-0.1, -0.05) is 50.6 Å². The smallest absolute Gasteiger partial charge is 0.324 e. The van der Waals surface area contributed by atoms with Gasteiger partial charge >= 0.3 is 6.03 Å². The lowest BCUT2D eigenvalue weighted by Crippen LogP contribution is -2.39. The molecule has 8 nitrogen and oxygen atoms in total. The molecule has 3 aromatic carbocycles. The molecule has 0 aliphatic carbocycles. The average Bonchev–Trinajstić information content (AvgIpc) is 3.42. The lowest BCUT2D eigenvalue weighted by molar-refractivity contribution is 0.0690. The molecule has 1 aliphatic heterocycles. The zero-order chi connectivity index (χ0) is 31.4. The molecular formula is C36H43N5O3. The molecule has 2 heterocycles. The Hall–Kier alpha value is -4.59. The maximum atomic E-state index is 13.2. The van der Waals surface area contributed by atoms with E-state index in [-0.39, 0.29) is 17.4 Å². The van der Waals surface area contributed by atoms with Gasteiger partial charge in [0.1, 0.15) is 11.6 Å². The number of rotatable bonds is 7. The molecule has 8 heteroatoms. The number of hydrogen-bond donors (Lipinski definition) is 2. The van der Waals surface area contributed by atoms with E-state index in [4.69, 9.17) is 9.84 Å². The number of carbonyl (C=O) groups is 2.